The molecule has 0 aromatic carbocycles. The van der Waals surface area contributed by atoms with Crippen molar-refractivity contribution in [2.75, 3.05) is 0 Å². The minimum Gasteiger partial charge on any atom is -0.478 e. The van der Waals surface area contributed by atoms with E-state index in [0.29, 0.717) is 10.3 Å². The normalized spacial score (nSPS) is 9.64. The number of pyridine rings is 1. The zero-order chi connectivity index (χ0) is 9.84. The maximum absolute atomic E-state index is 10.7. The molecule has 0 radical (unpaired) electrons. The fraction of sp³-hybridized carbons (Fsp3) is 0.333. The van der Waals surface area contributed by atoms with Crippen LogP contribution < -0.4 is 0 Å². The number of nitrogens with zero attached hydrogens (tertiary/aromatic N) is 1. The maximum atomic E-state index is 10.7. The van der Waals surface area contributed by atoms with E-state index in [1.165, 1.54) is 11.8 Å². The largest absolute Gasteiger partial charge is 0.478 e. The highest BCUT2D eigenvalue weighted by Crippen LogP contribution is 2.23. The van der Waals surface area contributed by atoms with Crippen LogP contribution in [0.2, 0.25) is 0 Å². The molecule has 0 fully saturated rings. The first-order chi connectivity index (χ1) is 6.11. The highest BCUT2D eigenvalue weighted by atomic mass is 35.5. The van der Waals surface area contributed by atoms with Gasteiger partial charge in [0.25, 0.3) is 0 Å². The predicted octanol–water partition coefficient (Wildman–Crippen LogP) is 2.70. The van der Waals surface area contributed by atoms with Gasteiger partial charge in [-0.1, -0.05) is 13.8 Å². The lowest BCUT2D eigenvalue weighted by molar-refractivity contribution is 0.0692. The van der Waals surface area contributed by atoms with Gasteiger partial charge in [-0.3, -0.25) is 0 Å². The number of halogens is 1. The smallest absolute Gasteiger partial charge is 0.338 e. The Labute approximate surface area is 93.3 Å². The Morgan fingerprint density at radius 3 is 2.71 bits per heavy atom. The molecule has 1 N–H and O–H groups in total. The molecule has 5 heteroatoms. The molecule has 78 valence electrons. The molecule has 1 heterocycles. The van der Waals surface area contributed by atoms with Crippen molar-refractivity contribution < 1.29 is 9.90 Å². The average molecular weight is 234 g/mol. The van der Waals surface area contributed by atoms with Crippen molar-refractivity contribution in [2.24, 2.45) is 0 Å². The van der Waals surface area contributed by atoms with Gasteiger partial charge in [-0.2, -0.15) is 0 Å². The standard InChI is InChI=1S/C9H11NO2S.ClH/c1-6(2)13-8-7(9(11)12)4-3-5-10-8;/h3-6H,1-2H3,(H,11,12);1H. The fourth-order valence-corrected chi connectivity index (χ4v) is 1.72. The monoisotopic (exact) mass is 233 g/mol. The molecule has 0 atom stereocenters. The van der Waals surface area contributed by atoms with Gasteiger partial charge in [-0.05, 0) is 12.1 Å². The summed E-state index contributed by atoms with van der Waals surface area (Å²) in [6, 6.07) is 3.20. The number of carbonyl (C=O) groups is 1. The topological polar surface area (TPSA) is 50.2 Å². The molecule has 0 saturated heterocycles. The quantitative estimate of drug-likeness (QED) is 0.816. The summed E-state index contributed by atoms with van der Waals surface area (Å²) in [7, 11) is 0. The van der Waals surface area contributed by atoms with Crippen LogP contribution in [0.15, 0.2) is 23.4 Å². The molecule has 1 rings (SSSR count). The van der Waals surface area contributed by atoms with Crippen LogP contribution in [0.3, 0.4) is 0 Å². The van der Waals surface area contributed by atoms with E-state index in [1.54, 1.807) is 18.3 Å². The van der Waals surface area contributed by atoms with Gasteiger partial charge in [0.05, 0.1) is 5.56 Å². The fourth-order valence-electron chi connectivity index (χ4n) is 0.871. The van der Waals surface area contributed by atoms with Crippen molar-refractivity contribution in [1.29, 1.82) is 0 Å². The lowest BCUT2D eigenvalue weighted by atomic mass is 10.3. The molecule has 0 bridgehead atoms. The predicted molar refractivity (Wildman–Crippen MR) is 59.4 cm³/mol. The van der Waals surface area contributed by atoms with Crippen LogP contribution in [0, 0.1) is 0 Å². The van der Waals surface area contributed by atoms with Gasteiger partial charge in [0, 0.05) is 11.4 Å². The van der Waals surface area contributed by atoms with Crippen LogP contribution in [0.4, 0.5) is 0 Å². The molecule has 0 aliphatic rings. The number of hydrogen-bond acceptors (Lipinski definition) is 3. The number of hydrogen-bond donors (Lipinski definition) is 1. The van der Waals surface area contributed by atoms with Gasteiger partial charge in [0.15, 0.2) is 0 Å². The van der Waals surface area contributed by atoms with Crippen LogP contribution in [0.25, 0.3) is 0 Å². The van der Waals surface area contributed by atoms with Crippen molar-refractivity contribution in [3.05, 3.63) is 23.9 Å². The highest BCUT2D eigenvalue weighted by molar-refractivity contribution is 7.99. The number of aromatic carboxylic acids is 1. The van der Waals surface area contributed by atoms with E-state index < -0.39 is 5.97 Å². The molecule has 1 aromatic heterocycles. The van der Waals surface area contributed by atoms with Gasteiger partial charge in [0.1, 0.15) is 5.03 Å². The third kappa shape index (κ3) is 3.55. The van der Waals surface area contributed by atoms with E-state index in [9.17, 15) is 4.79 Å². The lowest BCUT2D eigenvalue weighted by Gasteiger charge is -2.05. The second-order valence-corrected chi connectivity index (χ2v) is 4.39. The number of aromatic nitrogens is 1. The zero-order valence-electron chi connectivity index (χ0n) is 7.93. The zero-order valence-corrected chi connectivity index (χ0v) is 9.56. The van der Waals surface area contributed by atoms with Crippen LogP contribution in [0.1, 0.15) is 24.2 Å². The average Bonchev–Trinajstić information content (AvgIpc) is 2.03. The second-order valence-electron chi connectivity index (χ2n) is 2.83. The lowest BCUT2D eigenvalue weighted by Crippen LogP contribution is -2.01. The van der Waals surface area contributed by atoms with E-state index in [4.69, 9.17) is 5.11 Å². The van der Waals surface area contributed by atoms with Crippen LogP contribution in [-0.4, -0.2) is 21.3 Å². The number of carboxylic acid groups (broad SMARTS) is 1. The Kier molecular flexibility index (Phi) is 5.57. The van der Waals surface area contributed by atoms with Gasteiger partial charge < -0.3 is 5.11 Å². The Morgan fingerprint density at radius 1 is 1.57 bits per heavy atom. The summed E-state index contributed by atoms with van der Waals surface area (Å²) in [6.45, 7) is 4.01. The SMILES string of the molecule is CC(C)Sc1ncccc1C(=O)O.Cl. The Balaban J connectivity index is 0.00000169. The summed E-state index contributed by atoms with van der Waals surface area (Å²) in [5.41, 5.74) is 0.279. The minimum atomic E-state index is -0.920. The highest BCUT2D eigenvalue weighted by Gasteiger charge is 2.11. The first kappa shape index (κ1) is 13.3. The molecule has 14 heavy (non-hydrogen) atoms. The van der Waals surface area contributed by atoms with Gasteiger partial charge in [-0.15, -0.1) is 24.2 Å². The summed E-state index contributed by atoms with van der Waals surface area (Å²) in [4.78, 5) is 14.8. The van der Waals surface area contributed by atoms with Gasteiger partial charge in [0.2, 0.25) is 0 Å². The van der Waals surface area contributed by atoms with E-state index >= 15 is 0 Å². The molecule has 0 amide bonds. The van der Waals surface area contributed by atoms with Crippen LogP contribution >= 0.6 is 24.2 Å². The number of carboxylic acids is 1. The van der Waals surface area contributed by atoms with Crippen molar-refractivity contribution in [1.82, 2.24) is 4.98 Å². The summed E-state index contributed by atoms with van der Waals surface area (Å²) in [6.07, 6.45) is 1.61. The van der Waals surface area contributed by atoms with Crippen LogP contribution in [0.5, 0.6) is 0 Å². The second kappa shape index (κ2) is 5.88. The molecule has 0 saturated carbocycles. The Bertz CT molecular complexity index is 317. The maximum Gasteiger partial charge on any atom is 0.338 e. The van der Waals surface area contributed by atoms with Crippen molar-refractivity contribution in [2.45, 2.75) is 24.1 Å². The summed E-state index contributed by atoms with van der Waals surface area (Å²) in [5, 5.41) is 9.75. The minimum absolute atomic E-state index is 0. The number of rotatable bonds is 3. The van der Waals surface area contributed by atoms with Crippen molar-refractivity contribution >= 4 is 30.1 Å². The molecule has 0 aliphatic heterocycles. The molecule has 0 aliphatic carbocycles. The van der Waals surface area contributed by atoms with Crippen LogP contribution in [-0.2, 0) is 0 Å². The van der Waals surface area contributed by atoms with E-state index in [2.05, 4.69) is 4.98 Å². The molecular weight excluding hydrogens is 222 g/mol. The summed E-state index contributed by atoms with van der Waals surface area (Å²) < 4.78 is 0. The van der Waals surface area contributed by atoms with Crippen molar-refractivity contribution in [3.8, 4) is 0 Å². The van der Waals surface area contributed by atoms with Gasteiger partial charge in [-0.25, -0.2) is 9.78 Å². The molecule has 1 aromatic rings. The third-order valence-corrected chi connectivity index (χ3v) is 2.37. The Hall–Kier alpha value is -0.740. The summed E-state index contributed by atoms with van der Waals surface area (Å²) >= 11 is 1.46. The van der Waals surface area contributed by atoms with E-state index in [0.717, 1.165) is 0 Å². The summed E-state index contributed by atoms with van der Waals surface area (Å²) in [5.74, 6) is -0.920. The number of thioether (sulfide) groups is 1. The van der Waals surface area contributed by atoms with E-state index in [-0.39, 0.29) is 18.0 Å². The first-order valence-electron chi connectivity index (χ1n) is 3.96. The Morgan fingerprint density at radius 2 is 2.21 bits per heavy atom. The van der Waals surface area contributed by atoms with Gasteiger partial charge >= 0.3 is 5.97 Å². The first-order valence-corrected chi connectivity index (χ1v) is 4.84. The van der Waals surface area contributed by atoms with Crippen molar-refractivity contribution in [3.63, 3.8) is 0 Å². The molecular formula is C9H12ClNO2S. The molecule has 3 nitrogen and oxygen atoms in total. The third-order valence-electron chi connectivity index (χ3n) is 1.35. The molecule has 0 spiro atoms. The molecule has 0 unspecified atom stereocenters. The van der Waals surface area contributed by atoms with E-state index in [1.807, 2.05) is 13.8 Å².